The van der Waals surface area contributed by atoms with Crippen molar-refractivity contribution in [3.8, 4) is 5.69 Å². The zero-order valence-corrected chi connectivity index (χ0v) is 11.4. The van der Waals surface area contributed by atoms with E-state index in [1.165, 1.54) is 0 Å². The summed E-state index contributed by atoms with van der Waals surface area (Å²) >= 11 is 0. The molecule has 3 rings (SSSR count). The quantitative estimate of drug-likeness (QED) is 0.919. The van der Waals surface area contributed by atoms with E-state index < -0.39 is 0 Å². The summed E-state index contributed by atoms with van der Waals surface area (Å²) in [7, 11) is 0. The average molecular weight is 271 g/mol. The third kappa shape index (κ3) is 2.58. The first-order valence-corrected chi connectivity index (χ1v) is 6.63. The predicted octanol–water partition coefficient (Wildman–Crippen LogP) is 1.64. The number of para-hydroxylation sites is 1. The molecular formula is C15H17N3O2. The number of rotatable bonds is 4. The molecule has 1 aliphatic rings. The van der Waals surface area contributed by atoms with E-state index in [9.17, 15) is 4.79 Å². The van der Waals surface area contributed by atoms with Crippen LogP contribution < -0.4 is 5.32 Å². The fraction of sp³-hybridized carbons (Fsp3) is 0.333. The number of hydrogen-bond donors (Lipinski definition) is 1. The van der Waals surface area contributed by atoms with Crippen LogP contribution >= 0.6 is 0 Å². The minimum absolute atomic E-state index is 0.0671. The Kier molecular flexibility index (Phi) is 3.28. The van der Waals surface area contributed by atoms with Crippen molar-refractivity contribution in [3.63, 3.8) is 0 Å². The molecule has 0 unspecified atom stereocenters. The molecule has 1 aromatic heterocycles. The number of aromatic nitrogens is 2. The van der Waals surface area contributed by atoms with Crippen molar-refractivity contribution in [3.05, 3.63) is 48.3 Å². The zero-order valence-electron chi connectivity index (χ0n) is 11.4. The average Bonchev–Trinajstić information content (AvgIpc) is 2.93. The molecule has 0 radical (unpaired) electrons. The van der Waals surface area contributed by atoms with Crippen molar-refractivity contribution in [2.75, 3.05) is 19.8 Å². The van der Waals surface area contributed by atoms with Gasteiger partial charge in [0, 0.05) is 18.2 Å². The van der Waals surface area contributed by atoms with Crippen molar-refractivity contribution in [2.24, 2.45) is 5.41 Å². The maximum absolute atomic E-state index is 12.0. The number of benzene rings is 1. The molecule has 2 heterocycles. The van der Waals surface area contributed by atoms with Gasteiger partial charge in [0.2, 0.25) is 0 Å². The number of nitrogens with zero attached hydrogens (tertiary/aromatic N) is 2. The van der Waals surface area contributed by atoms with E-state index in [1.807, 2.05) is 30.3 Å². The molecule has 5 heteroatoms. The van der Waals surface area contributed by atoms with Crippen LogP contribution in [0.3, 0.4) is 0 Å². The summed E-state index contributed by atoms with van der Waals surface area (Å²) in [4.78, 5) is 12.0. The first-order chi connectivity index (χ1) is 9.66. The van der Waals surface area contributed by atoms with Crippen molar-refractivity contribution in [1.82, 2.24) is 15.1 Å². The third-order valence-corrected chi connectivity index (χ3v) is 3.42. The van der Waals surface area contributed by atoms with Crippen LogP contribution in [0, 0.1) is 5.41 Å². The Morgan fingerprint density at radius 2 is 2.10 bits per heavy atom. The number of nitrogens with one attached hydrogen (secondary N) is 1. The first kappa shape index (κ1) is 12.9. The fourth-order valence-electron chi connectivity index (χ4n) is 2.11. The zero-order chi connectivity index (χ0) is 14.0. The number of amides is 1. The number of carbonyl (C=O) groups excluding carboxylic acids is 1. The summed E-state index contributed by atoms with van der Waals surface area (Å²) in [5.74, 6) is -0.146. The predicted molar refractivity (Wildman–Crippen MR) is 74.8 cm³/mol. The van der Waals surface area contributed by atoms with Gasteiger partial charge >= 0.3 is 0 Å². The lowest BCUT2D eigenvalue weighted by atomic mass is 9.89. The molecule has 1 N–H and O–H groups in total. The summed E-state index contributed by atoms with van der Waals surface area (Å²) in [5, 5.41) is 7.21. The third-order valence-electron chi connectivity index (χ3n) is 3.42. The molecule has 1 aromatic carbocycles. The van der Waals surface area contributed by atoms with Crippen LogP contribution in [-0.4, -0.2) is 35.4 Å². The molecule has 0 atom stereocenters. The highest BCUT2D eigenvalue weighted by molar-refractivity contribution is 5.92. The van der Waals surface area contributed by atoms with Gasteiger partial charge < -0.3 is 10.1 Å². The lowest BCUT2D eigenvalue weighted by molar-refractivity contribution is -0.0978. The minimum Gasteiger partial charge on any atom is -0.380 e. The van der Waals surface area contributed by atoms with Crippen molar-refractivity contribution < 1.29 is 9.53 Å². The molecule has 0 spiro atoms. The van der Waals surface area contributed by atoms with E-state index >= 15 is 0 Å². The van der Waals surface area contributed by atoms with Gasteiger partial charge in [-0.3, -0.25) is 4.79 Å². The minimum atomic E-state index is -0.146. The van der Waals surface area contributed by atoms with Crippen LogP contribution in [0.2, 0.25) is 0 Å². The lowest BCUT2D eigenvalue weighted by Gasteiger charge is -2.37. The Hall–Kier alpha value is -2.14. The summed E-state index contributed by atoms with van der Waals surface area (Å²) in [6.45, 7) is 4.11. The van der Waals surface area contributed by atoms with Gasteiger partial charge in [0.25, 0.3) is 5.91 Å². The van der Waals surface area contributed by atoms with E-state index in [-0.39, 0.29) is 11.3 Å². The smallest absolute Gasteiger partial charge is 0.271 e. The molecule has 104 valence electrons. The maximum Gasteiger partial charge on any atom is 0.271 e. The van der Waals surface area contributed by atoms with Crippen molar-refractivity contribution in [2.45, 2.75) is 6.92 Å². The Balaban J connectivity index is 1.66. The van der Waals surface area contributed by atoms with Gasteiger partial charge in [-0.15, -0.1) is 0 Å². The fourth-order valence-corrected chi connectivity index (χ4v) is 2.11. The molecule has 0 saturated carbocycles. The summed E-state index contributed by atoms with van der Waals surface area (Å²) in [5.41, 5.74) is 1.43. The molecule has 1 saturated heterocycles. The van der Waals surface area contributed by atoms with E-state index in [4.69, 9.17) is 4.74 Å². The van der Waals surface area contributed by atoms with Crippen LogP contribution in [0.4, 0.5) is 0 Å². The second-order valence-electron chi connectivity index (χ2n) is 5.47. The van der Waals surface area contributed by atoms with Gasteiger partial charge in [0.05, 0.1) is 18.9 Å². The van der Waals surface area contributed by atoms with E-state index in [0.29, 0.717) is 25.5 Å². The summed E-state index contributed by atoms with van der Waals surface area (Å²) in [6, 6.07) is 11.4. The molecule has 0 aliphatic carbocycles. The van der Waals surface area contributed by atoms with Gasteiger partial charge in [0.1, 0.15) is 0 Å². The molecule has 1 amide bonds. The van der Waals surface area contributed by atoms with Gasteiger partial charge in [-0.2, -0.15) is 5.10 Å². The number of hydrogen-bond acceptors (Lipinski definition) is 3. The second-order valence-corrected chi connectivity index (χ2v) is 5.47. The van der Waals surface area contributed by atoms with Gasteiger partial charge in [-0.25, -0.2) is 4.68 Å². The second kappa shape index (κ2) is 5.09. The van der Waals surface area contributed by atoms with Gasteiger partial charge in [0.15, 0.2) is 5.69 Å². The standard InChI is InChI=1S/C15H17N3O2/c1-15(10-20-11-15)9-16-14(19)13-7-8-18(17-13)12-5-3-2-4-6-12/h2-8H,9-11H2,1H3,(H,16,19). The molecule has 5 nitrogen and oxygen atoms in total. The molecule has 0 bridgehead atoms. The van der Waals surface area contributed by atoms with Crippen LogP contribution in [0.1, 0.15) is 17.4 Å². The Labute approximate surface area is 117 Å². The van der Waals surface area contributed by atoms with Gasteiger partial charge in [-0.1, -0.05) is 25.1 Å². The number of ether oxygens (including phenoxy) is 1. The largest absolute Gasteiger partial charge is 0.380 e. The normalized spacial score (nSPS) is 16.4. The Bertz CT molecular complexity index is 603. The first-order valence-electron chi connectivity index (χ1n) is 6.63. The highest BCUT2D eigenvalue weighted by Crippen LogP contribution is 2.25. The summed E-state index contributed by atoms with van der Waals surface area (Å²) < 4.78 is 6.86. The van der Waals surface area contributed by atoms with Crippen LogP contribution in [-0.2, 0) is 4.74 Å². The van der Waals surface area contributed by atoms with E-state index in [1.54, 1.807) is 16.9 Å². The summed E-state index contributed by atoms with van der Waals surface area (Å²) in [6.07, 6.45) is 1.79. The monoisotopic (exact) mass is 271 g/mol. The topological polar surface area (TPSA) is 56.2 Å². The van der Waals surface area contributed by atoms with Crippen LogP contribution in [0.15, 0.2) is 42.6 Å². The van der Waals surface area contributed by atoms with Gasteiger partial charge in [-0.05, 0) is 18.2 Å². The van der Waals surface area contributed by atoms with E-state index in [0.717, 1.165) is 5.69 Å². The SMILES string of the molecule is CC1(CNC(=O)c2ccn(-c3ccccc3)n2)COC1. The van der Waals surface area contributed by atoms with E-state index in [2.05, 4.69) is 17.3 Å². The van der Waals surface area contributed by atoms with Crippen molar-refractivity contribution in [1.29, 1.82) is 0 Å². The number of carbonyl (C=O) groups is 1. The Morgan fingerprint density at radius 1 is 1.35 bits per heavy atom. The molecule has 2 aromatic rings. The Morgan fingerprint density at radius 3 is 2.75 bits per heavy atom. The molecular weight excluding hydrogens is 254 g/mol. The molecule has 1 aliphatic heterocycles. The molecule has 20 heavy (non-hydrogen) atoms. The maximum atomic E-state index is 12.0. The highest BCUT2D eigenvalue weighted by atomic mass is 16.5. The lowest BCUT2D eigenvalue weighted by Crippen LogP contribution is -2.48. The molecule has 1 fully saturated rings. The van der Waals surface area contributed by atoms with Crippen LogP contribution in [0.5, 0.6) is 0 Å². The van der Waals surface area contributed by atoms with Crippen LogP contribution in [0.25, 0.3) is 5.69 Å². The van der Waals surface area contributed by atoms with Crippen molar-refractivity contribution >= 4 is 5.91 Å². The highest BCUT2D eigenvalue weighted by Gasteiger charge is 2.33.